The smallest absolute Gasteiger partial charge is 0.429 e. The molecule has 0 bridgehead atoms. The van der Waals surface area contributed by atoms with Crippen molar-refractivity contribution in [3.8, 4) is 0 Å². The van der Waals surface area contributed by atoms with Crippen LogP contribution in [-0.4, -0.2) is 38.0 Å². The van der Waals surface area contributed by atoms with Crippen molar-refractivity contribution < 1.29 is 9.53 Å². The van der Waals surface area contributed by atoms with Crippen molar-refractivity contribution in [2.45, 2.75) is 0 Å². The number of amides is 1. The molecule has 1 amide bonds. The predicted molar refractivity (Wildman–Crippen MR) is 37.7 cm³/mol. The quantitative estimate of drug-likeness (QED) is 0.425. The second-order valence-electron chi connectivity index (χ2n) is 1.53. The molecular formula is C5H11N3O2. The van der Waals surface area contributed by atoms with Gasteiger partial charge in [0.15, 0.2) is 0 Å². The van der Waals surface area contributed by atoms with Crippen molar-refractivity contribution in [3.05, 3.63) is 0 Å². The number of ether oxygens (including phenoxy) is 1. The zero-order chi connectivity index (χ0) is 7.98. The molecule has 0 aliphatic heterocycles. The predicted octanol–water partition coefficient (Wildman–Crippen LogP) is -0.371. The minimum Gasteiger partial charge on any atom is -0.451 e. The Kier molecular flexibility index (Phi) is 4.23. The van der Waals surface area contributed by atoms with Crippen molar-refractivity contribution in [3.63, 3.8) is 0 Å². The van der Waals surface area contributed by atoms with Crippen LogP contribution in [0.2, 0.25) is 0 Å². The van der Waals surface area contributed by atoms with Crippen molar-refractivity contribution in [1.29, 1.82) is 0 Å². The molecule has 0 aliphatic carbocycles. The molecule has 0 aromatic rings. The van der Waals surface area contributed by atoms with Crippen LogP contribution >= 0.6 is 0 Å². The fraction of sp³-hybridized carbons (Fsp3) is 0.600. The number of hydrazone groups is 1. The van der Waals surface area contributed by atoms with Crippen LogP contribution in [0.1, 0.15) is 0 Å². The Morgan fingerprint density at radius 3 is 2.90 bits per heavy atom. The minimum atomic E-state index is -0.510. The number of carbonyl (C=O) groups excluding carboxylic acids is 1. The van der Waals surface area contributed by atoms with Gasteiger partial charge in [0.1, 0.15) is 0 Å². The van der Waals surface area contributed by atoms with E-state index in [9.17, 15) is 4.79 Å². The van der Waals surface area contributed by atoms with E-state index in [1.165, 1.54) is 20.4 Å². The van der Waals surface area contributed by atoms with Gasteiger partial charge in [0.25, 0.3) is 0 Å². The van der Waals surface area contributed by atoms with Gasteiger partial charge in [-0.1, -0.05) is 0 Å². The van der Waals surface area contributed by atoms with E-state index in [1.54, 1.807) is 0 Å². The Hall–Kier alpha value is -1.10. The highest BCUT2D eigenvalue weighted by molar-refractivity contribution is 5.69. The fourth-order valence-electron chi connectivity index (χ4n) is 0.349. The zero-order valence-electron chi connectivity index (χ0n) is 6.07. The summed E-state index contributed by atoms with van der Waals surface area (Å²) in [7, 11) is 2.77. The summed E-state index contributed by atoms with van der Waals surface area (Å²) in [5, 5.41) is 4.68. The van der Waals surface area contributed by atoms with Gasteiger partial charge in [0.2, 0.25) is 0 Å². The molecule has 5 heteroatoms. The third-order valence-corrected chi connectivity index (χ3v) is 0.799. The first kappa shape index (κ1) is 8.90. The van der Waals surface area contributed by atoms with E-state index in [4.69, 9.17) is 5.73 Å². The van der Waals surface area contributed by atoms with Crippen LogP contribution in [0.3, 0.4) is 0 Å². The van der Waals surface area contributed by atoms with Crippen LogP contribution in [-0.2, 0) is 4.74 Å². The first-order valence-electron chi connectivity index (χ1n) is 2.76. The second kappa shape index (κ2) is 4.75. The molecule has 0 saturated carbocycles. The number of hydrogen-bond acceptors (Lipinski definition) is 4. The number of nitrogens with zero attached hydrogens (tertiary/aromatic N) is 2. The Bertz CT molecular complexity index is 135. The molecule has 0 aliphatic rings. The molecule has 2 N–H and O–H groups in total. The first-order chi connectivity index (χ1) is 4.72. The van der Waals surface area contributed by atoms with Gasteiger partial charge in [0, 0.05) is 19.8 Å². The van der Waals surface area contributed by atoms with E-state index in [1.807, 2.05) is 0 Å². The van der Waals surface area contributed by atoms with Gasteiger partial charge >= 0.3 is 6.09 Å². The second-order valence-corrected chi connectivity index (χ2v) is 1.53. The SMILES string of the molecule is COC(=O)N(C)N=CCN. The summed E-state index contributed by atoms with van der Waals surface area (Å²) in [5.74, 6) is 0. The Morgan fingerprint density at radius 2 is 2.50 bits per heavy atom. The lowest BCUT2D eigenvalue weighted by Gasteiger charge is -2.06. The minimum absolute atomic E-state index is 0.307. The first-order valence-corrected chi connectivity index (χ1v) is 2.76. The molecule has 0 fully saturated rings. The summed E-state index contributed by atoms with van der Waals surface area (Å²) < 4.78 is 4.34. The molecule has 0 spiro atoms. The molecule has 0 radical (unpaired) electrons. The normalized spacial score (nSPS) is 9.90. The number of rotatable bonds is 2. The van der Waals surface area contributed by atoms with E-state index < -0.39 is 6.09 Å². The van der Waals surface area contributed by atoms with Gasteiger partial charge in [0.05, 0.1) is 7.11 Å². The van der Waals surface area contributed by atoms with Gasteiger partial charge in [-0.15, -0.1) is 0 Å². The maximum atomic E-state index is 10.6. The van der Waals surface area contributed by atoms with Crippen LogP contribution < -0.4 is 5.73 Å². The van der Waals surface area contributed by atoms with Crippen LogP contribution in [0.25, 0.3) is 0 Å². The van der Waals surface area contributed by atoms with Crippen molar-refractivity contribution in [2.24, 2.45) is 10.8 Å². The summed E-state index contributed by atoms with van der Waals surface area (Å²) >= 11 is 0. The molecule has 0 unspecified atom stereocenters. The largest absolute Gasteiger partial charge is 0.451 e. The van der Waals surface area contributed by atoms with Crippen LogP contribution in [0.15, 0.2) is 5.10 Å². The topological polar surface area (TPSA) is 67.9 Å². The lowest BCUT2D eigenvalue weighted by molar-refractivity contribution is 0.135. The van der Waals surface area contributed by atoms with E-state index in [0.717, 1.165) is 5.01 Å². The summed E-state index contributed by atoms with van der Waals surface area (Å²) in [5.41, 5.74) is 5.09. The van der Waals surface area contributed by atoms with Crippen LogP contribution in [0, 0.1) is 0 Å². The van der Waals surface area contributed by atoms with Gasteiger partial charge < -0.3 is 10.5 Å². The Morgan fingerprint density at radius 1 is 1.90 bits per heavy atom. The molecule has 0 aromatic heterocycles. The maximum Gasteiger partial charge on any atom is 0.429 e. The van der Waals surface area contributed by atoms with Gasteiger partial charge in [-0.25, -0.2) is 9.80 Å². The molecule has 10 heavy (non-hydrogen) atoms. The molecule has 58 valence electrons. The highest BCUT2D eigenvalue weighted by atomic mass is 16.5. The molecule has 0 heterocycles. The number of nitrogens with two attached hydrogens (primary N) is 1. The average Bonchev–Trinajstić information content (AvgIpc) is 1.98. The molecule has 0 atom stereocenters. The third kappa shape index (κ3) is 3.03. The maximum absolute atomic E-state index is 10.6. The summed E-state index contributed by atoms with van der Waals surface area (Å²) in [6.07, 6.45) is 0.904. The third-order valence-electron chi connectivity index (χ3n) is 0.799. The number of methoxy groups -OCH3 is 1. The fourth-order valence-corrected chi connectivity index (χ4v) is 0.349. The van der Waals surface area contributed by atoms with Gasteiger partial charge in [-0.2, -0.15) is 5.10 Å². The van der Waals surface area contributed by atoms with Gasteiger partial charge in [-0.3, -0.25) is 0 Å². The molecule has 0 aromatic carbocycles. The van der Waals surface area contributed by atoms with Crippen LogP contribution in [0.4, 0.5) is 4.79 Å². The standard InChI is InChI=1S/C5H11N3O2/c1-8(5(9)10-2)7-4-3-6/h4H,3,6H2,1-2H3. The van der Waals surface area contributed by atoms with E-state index in [2.05, 4.69) is 9.84 Å². The van der Waals surface area contributed by atoms with E-state index in [-0.39, 0.29) is 0 Å². The summed E-state index contributed by atoms with van der Waals surface area (Å²) in [6.45, 7) is 0.307. The summed E-state index contributed by atoms with van der Waals surface area (Å²) in [4.78, 5) is 10.6. The van der Waals surface area contributed by atoms with E-state index in [0.29, 0.717) is 6.54 Å². The molecule has 0 saturated heterocycles. The molecule has 5 nitrogen and oxygen atoms in total. The lowest BCUT2D eigenvalue weighted by Crippen LogP contribution is -2.21. The number of carbonyl (C=O) groups is 1. The van der Waals surface area contributed by atoms with Crippen molar-refractivity contribution in [1.82, 2.24) is 5.01 Å². The van der Waals surface area contributed by atoms with Crippen molar-refractivity contribution in [2.75, 3.05) is 20.7 Å². The molecular weight excluding hydrogens is 134 g/mol. The molecule has 0 rings (SSSR count). The lowest BCUT2D eigenvalue weighted by atomic mass is 10.8. The van der Waals surface area contributed by atoms with Crippen LogP contribution in [0.5, 0.6) is 0 Å². The van der Waals surface area contributed by atoms with Crippen molar-refractivity contribution >= 4 is 12.3 Å². The average molecular weight is 145 g/mol. The Labute approximate surface area is 59.4 Å². The van der Waals surface area contributed by atoms with E-state index >= 15 is 0 Å². The van der Waals surface area contributed by atoms with Gasteiger partial charge in [-0.05, 0) is 0 Å². The Balaban J connectivity index is 3.72. The highest BCUT2D eigenvalue weighted by Gasteiger charge is 2.02. The zero-order valence-corrected chi connectivity index (χ0v) is 6.07. The monoisotopic (exact) mass is 145 g/mol. The summed E-state index contributed by atoms with van der Waals surface area (Å²) in [6, 6.07) is 0. The highest BCUT2D eigenvalue weighted by Crippen LogP contribution is 1.86. The number of hydrogen-bond donors (Lipinski definition) is 1.